The van der Waals surface area contributed by atoms with E-state index in [9.17, 15) is 0 Å². The molecule has 2 fully saturated rings. The highest BCUT2D eigenvalue weighted by Crippen LogP contribution is 2.37. The molecular formula is C19H30N2. The minimum atomic E-state index is 0.397. The van der Waals surface area contributed by atoms with Crippen LogP contribution in [0.15, 0.2) is 30.3 Å². The molecule has 1 saturated heterocycles. The number of piperazine rings is 1. The number of rotatable bonds is 3. The number of benzene rings is 1. The molecule has 1 saturated carbocycles. The summed E-state index contributed by atoms with van der Waals surface area (Å²) in [4.78, 5) is 2.78. The molecule has 116 valence electrons. The Labute approximate surface area is 129 Å². The minimum absolute atomic E-state index is 0.397. The first kappa shape index (κ1) is 15.1. The summed E-state index contributed by atoms with van der Waals surface area (Å²) in [5.41, 5.74) is 1.85. The molecule has 1 spiro atoms. The second-order valence-electron chi connectivity index (χ2n) is 7.44. The minimum Gasteiger partial charge on any atom is -0.308 e. The second-order valence-corrected chi connectivity index (χ2v) is 7.44. The number of nitrogens with zero attached hydrogens (tertiary/aromatic N) is 1. The van der Waals surface area contributed by atoms with Gasteiger partial charge in [-0.3, -0.25) is 4.90 Å². The highest BCUT2D eigenvalue weighted by atomic mass is 15.3. The van der Waals surface area contributed by atoms with E-state index in [0.29, 0.717) is 23.5 Å². The molecule has 0 radical (unpaired) electrons. The molecule has 1 aliphatic carbocycles. The van der Waals surface area contributed by atoms with Crippen LogP contribution < -0.4 is 5.32 Å². The van der Waals surface area contributed by atoms with Crippen molar-refractivity contribution >= 4 is 0 Å². The molecule has 0 aromatic heterocycles. The van der Waals surface area contributed by atoms with Gasteiger partial charge in [0, 0.05) is 30.7 Å². The molecule has 3 rings (SSSR count). The molecule has 1 aliphatic heterocycles. The molecule has 1 N–H and O–H groups in total. The first-order chi connectivity index (χ1) is 10.1. The van der Waals surface area contributed by atoms with E-state index in [1.807, 2.05) is 0 Å². The largest absolute Gasteiger partial charge is 0.308 e. The number of hydrogen-bond donors (Lipinski definition) is 1. The predicted octanol–water partition coefficient (Wildman–Crippen LogP) is 3.99. The number of nitrogens with one attached hydrogen (secondary N) is 1. The van der Waals surface area contributed by atoms with Crippen molar-refractivity contribution in [1.29, 1.82) is 0 Å². The molecule has 2 heteroatoms. The van der Waals surface area contributed by atoms with Crippen LogP contribution in [0.2, 0.25) is 0 Å². The van der Waals surface area contributed by atoms with Crippen molar-refractivity contribution in [2.45, 2.75) is 64.1 Å². The fourth-order valence-corrected chi connectivity index (χ4v) is 4.31. The van der Waals surface area contributed by atoms with E-state index in [1.165, 1.54) is 37.8 Å². The van der Waals surface area contributed by atoms with Gasteiger partial charge >= 0.3 is 0 Å². The lowest BCUT2D eigenvalue weighted by Gasteiger charge is -2.50. The van der Waals surface area contributed by atoms with Crippen LogP contribution in [0.25, 0.3) is 0 Å². The van der Waals surface area contributed by atoms with Gasteiger partial charge in [0.15, 0.2) is 0 Å². The third-order valence-corrected chi connectivity index (χ3v) is 5.71. The summed E-state index contributed by atoms with van der Waals surface area (Å²) in [7, 11) is 0. The second kappa shape index (κ2) is 6.10. The van der Waals surface area contributed by atoms with Gasteiger partial charge in [0.1, 0.15) is 0 Å². The fraction of sp³-hybridized carbons (Fsp3) is 0.684. The van der Waals surface area contributed by atoms with Crippen molar-refractivity contribution in [3.63, 3.8) is 0 Å². The zero-order valence-electron chi connectivity index (χ0n) is 13.8. The molecule has 21 heavy (non-hydrogen) atoms. The lowest BCUT2D eigenvalue weighted by atomic mass is 9.87. The van der Waals surface area contributed by atoms with Crippen LogP contribution in [0.5, 0.6) is 0 Å². The fourth-order valence-electron chi connectivity index (χ4n) is 4.31. The Morgan fingerprint density at radius 3 is 2.38 bits per heavy atom. The van der Waals surface area contributed by atoms with Crippen LogP contribution in [0.4, 0.5) is 0 Å². The summed E-state index contributed by atoms with van der Waals surface area (Å²) in [6, 6.07) is 12.2. The van der Waals surface area contributed by atoms with Gasteiger partial charge in [0.05, 0.1) is 0 Å². The van der Waals surface area contributed by atoms with Gasteiger partial charge in [-0.15, -0.1) is 0 Å². The summed E-state index contributed by atoms with van der Waals surface area (Å²) in [5.74, 6) is 0.697. The average molecular weight is 286 g/mol. The van der Waals surface area contributed by atoms with Gasteiger partial charge in [-0.1, -0.05) is 57.0 Å². The first-order valence-electron chi connectivity index (χ1n) is 8.67. The Balaban J connectivity index is 1.83. The highest BCUT2D eigenvalue weighted by Gasteiger charge is 2.43. The Morgan fingerprint density at radius 2 is 1.76 bits per heavy atom. The third kappa shape index (κ3) is 3.02. The molecule has 2 unspecified atom stereocenters. The molecule has 2 aliphatic rings. The van der Waals surface area contributed by atoms with E-state index in [-0.39, 0.29) is 0 Å². The van der Waals surface area contributed by atoms with Crippen molar-refractivity contribution < 1.29 is 0 Å². The molecule has 2 nitrogen and oxygen atoms in total. The molecule has 0 amide bonds. The van der Waals surface area contributed by atoms with E-state index in [0.717, 1.165) is 6.54 Å². The molecule has 1 aromatic rings. The number of hydrogen-bond acceptors (Lipinski definition) is 2. The van der Waals surface area contributed by atoms with E-state index in [2.05, 4.69) is 61.3 Å². The van der Waals surface area contributed by atoms with Crippen molar-refractivity contribution in [1.82, 2.24) is 10.2 Å². The Morgan fingerprint density at radius 1 is 1.10 bits per heavy atom. The van der Waals surface area contributed by atoms with Gasteiger partial charge in [-0.05, 0) is 31.2 Å². The monoisotopic (exact) mass is 286 g/mol. The van der Waals surface area contributed by atoms with Gasteiger partial charge in [-0.25, -0.2) is 0 Å². The SMILES string of the molecule is CC(C)C1CNC2(CCCC2)CN1C(C)c1ccccc1. The van der Waals surface area contributed by atoms with Gasteiger partial charge < -0.3 is 5.32 Å². The highest BCUT2D eigenvalue weighted by molar-refractivity contribution is 5.19. The summed E-state index contributed by atoms with van der Waals surface area (Å²) in [5, 5.41) is 3.92. The normalized spacial score (nSPS) is 27.3. The molecule has 1 heterocycles. The zero-order chi connectivity index (χ0) is 14.9. The van der Waals surface area contributed by atoms with Crippen LogP contribution in [-0.4, -0.2) is 29.6 Å². The maximum absolute atomic E-state index is 3.92. The summed E-state index contributed by atoms with van der Waals surface area (Å²) in [6.07, 6.45) is 5.51. The standard InChI is InChI=1S/C19H30N2/c1-15(2)18-13-20-19(11-7-8-12-19)14-21(18)16(3)17-9-5-4-6-10-17/h4-6,9-10,15-16,18,20H,7-8,11-14H2,1-3H3. The Hall–Kier alpha value is -0.860. The molecule has 0 bridgehead atoms. The van der Waals surface area contributed by atoms with E-state index >= 15 is 0 Å². The first-order valence-corrected chi connectivity index (χ1v) is 8.67. The van der Waals surface area contributed by atoms with Gasteiger partial charge in [0.25, 0.3) is 0 Å². The Bertz CT molecular complexity index is 448. The van der Waals surface area contributed by atoms with E-state index in [1.54, 1.807) is 0 Å². The van der Waals surface area contributed by atoms with Crippen LogP contribution in [0, 0.1) is 5.92 Å². The van der Waals surface area contributed by atoms with Crippen LogP contribution >= 0.6 is 0 Å². The summed E-state index contributed by atoms with van der Waals surface area (Å²) in [6.45, 7) is 9.48. The summed E-state index contributed by atoms with van der Waals surface area (Å²) >= 11 is 0. The topological polar surface area (TPSA) is 15.3 Å². The van der Waals surface area contributed by atoms with Crippen LogP contribution in [0.3, 0.4) is 0 Å². The smallest absolute Gasteiger partial charge is 0.0324 e. The van der Waals surface area contributed by atoms with Crippen molar-refractivity contribution in [2.24, 2.45) is 5.92 Å². The van der Waals surface area contributed by atoms with Crippen molar-refractivity contribution in [2.75, 3.05) is 13.1 Å². The van der Waals surface area contributed by atoms with Crippen LogP contribution in [-0.2, 0) is 0 Å². The van der Waals surface area contributed by atoms with Crippen molar-refractivity contribution in [3.8, 4) is 0 Å². The van der Waals surface area contributed by atoms with Crippen LogP contribution in [0.1, 0.15) is 58.1 Å². The third-order valence-electron chi connectivity index (χ3n) is 5.71. The molecule has 2 atom stereocenters. The predicted molar refractivity (Wildman–Crippen MR) is 89.4 cm³/mol. The molecule has 1 aromatic carbocycles. The average Bonchev–Trinajstić information content (AvgIpc) is 2.95. The van der Waals surface area contributed by atoms with E-state index in [4.69, 9.17) is 0 Å². The lowest BCUT2D eigenvalue weighted by Crippen LogP contribution is -2.64. The Kier molecular flexibility index (Phi) is 4.37. The maximum Gasteiger partial charge on any atom is 0.0324 e. The maximum atomic E-state index is 3.92. The lowest BCUT2D eigenvalue weighted by molar-refractivity contribution is 0.0268. The zero-order valence-corrected chi connectivity index (χ0v) is 13.8. The van der Waals surface area contributed by atoms with E-state index < -0.39 is 0 Å². The van der Waals surface area contributed by atoms with Crippen molar-refractivity contribution in [3.05, 3.63) is 35.9 Å². The van der Waals surface area contributed by atoms with Gasteiger partial charge in [0.2, 0.25) is 0 Å². The van der Waals surface area contributed by atoms with Gasteiger partial charge in [-0.2, -0.15) is 0 Å². The molecular weight excluding hydrogens is 256 g/mol. The summed E-state index contributed by atoms with van der Waals surface area (Å²) < 4.78 is 0. The quantitative estimate of drug-likeness (QED) is 0.904.